The Morgan fingerprint density at radius 1 is 1.36 bits per heavy atom. The van der Waals surface area contributed by atoms with Crippen molar-refractivity contribution in [3.05, 3.63) is 11.6 Å². The van der Waals surface area contributed by atoms with E-state index >= 15 is 0 Å². The van der Waals surface area contributed by atoms with Gasteiger partial charge in [-0.05, 0) is 11.8 Å². The Morgan fingerprint density at radius 3 is 2.77 bits per heavy atom. The quantitative estimate of drug-likeness (QED) is 0.626. The number of nitrogens with one attached hydrogen (secondary N) is 2. The minimum Gasteiger partial charge on any atom is -0.379 e. The molecule has 0 amide bonds. The van der Waals surface area contributed by atoms with E-state index in [-0.39, 0.29) is 11.5 Å². The summed E-state index contributed by atoms with van der Waals surface area (Å²) in [6, 6.07) is 0. The lowest BCUT2D eigenvalue weighted by Crippen LogP contribution is -2.45. The van der Waals surface area contributed by atoms with Gasteiger partial charge < -0.3 is 19.9 Å². The highest BCUT2D eigenvalue weighted by Crippen LogP contribution is 2.20. The van der Waals surface area contributed by atoms with Gasteiger partial charge >= 0.3 is 0 Å². The molecule has 0 saturated carbocycles. The first kappa shape index (κ1) is 16.7. The summed E-state index contributed by atoms with van der Waals surface area (Å²) >= 11 is 0. The number of hydrogen-bond donors (Lipinski definition) is 2. The highest BCUT2D eigenvalue weighted by atomic mass is 16.5. The first-order chi connectivity index (χ1) is 10.5. The third kappa shape index (κ3) is 3.97. The van der Waals surface area contributed by atoms with Gasteiger partial charge in [-0.2, -0.15) is 0 Å². The van der Waals surface area contributed by atoms with Crippen molar-refractivity contribution in [3.8, 4) is 0 Å². The minimum atomic E-state index is 0.0778. The average Bonchev–Trinajstić information content (AvgIpc) is 3.05. The Hall–Kier alpha value is -1.63. The predicted octanol–water partition coefficient (Wildman–Crippen LogP) is 0.950. The Morgan fingerprint density at radius 2 is 2.14 bits per heavy atom. The molecular weight excluding hydrogens is 280 g/mol. The lowest BCUT2D eigenvalue weighted by Gasteiger charge is -2.30. The molecule has 2 rings (SSSR count). The monoisotopic (exact) mass is 308 g/mol. The summed E-state index contributed by atoms with van der Waals surface area (Å²) in [5, 5.41) is 15.1. The molecule has 0 spiro atoms. The molecule has 22 heavy (non-hydrogen) atoms. The van der Waals surface area contributed by atoms with Crippen molar-refractivity contribution in [3.63, 3.8) is 0 Å². The summed E-state index contributed by atoms with van der Waals surface area (Å²) in [4.78, 5) is 4.25. The molecule has 0 fully saturated rings. The summed E-state index contributed by atoms with van der Waals surface area (Å²) in [5.41, 5.74) is 0.0778. The number of aromatic nitrogens is 3. The molecule has 0 aromatic carbocycles. The van der Waals surface area contributed by atoms with Crippen molar-refractivity contribution >= 4 is 5.96 Å². The normalized spacial score (nSPS) is 16.5. The minimum absolute atomic E-state index is 0.0778. The van der Waals surface area contributed by atoms with Gasteiger partial charge in [0.2, 0.25) is 0 Å². The molecule has 0 bridgehead atoms. The summed E-state index contributed by atoms with van der Waals surface area (Å²) < 4.78 is 7.74. The van der Waals surface area contributed by atoms with Crippen molar-refractivity contribution in [2.24, 2.45) is 10.4 Å². The number of aliphatic imine (C=N–C) groups is 1. The van der Waals surface area contributed by atoms with Gasteiger partial charge in [-0.15, -0.1) is 10.2 Å². The van der Waals surface area contributed by atoms with Crippen LogP contribution in [0.3, 0.4) is 0 Å². The highest BCUT2D eigenvalue weighted by molar-refractivity contribution is 5.79. The van der Waals surface area contributed by atoms with E-state index in [4.69, 9.17) is 4.74 Å². The Labute approximate surface area is 132 Å². The van der Waals surface area contributed by atoms with Gasteiger partial charge in [0.1, 0.15) is 5.82 Å². The molecule has 0 aliphatic carbocycles. The molecule has 1 aliphatic heterocycles. The molecule has 1 atom stereocenters. The van der Waals surface area contributed by atoms with E-state index < -0.39 is 0 Å². The molecular formula is C15H28N6O. The zero-order valence-corrected chi connectivity index (χ0v) is 14.3. The number of hydrogen-bond acceptors (Lipinski definition) is 4. The van der Waals surface area contributed by atoms with E-state index in [2.05, 4.69) is 51.2 Å². The number of rotatable bonds is 5. The van der Waals surface area contributed by atoms with Gasteiger partial charge in [0, 0.05) is 33.7 Å². The molecule has 7 nitrogen and oxygen atoms in total. The van der Waals surface area contributed by atoms with Crippen LogP contribution in [0.1, 0.15) is 38.8 Å². The largest absolute Gasteiger partial charge is 0.379 e. The fraction of sp³-hybridized carbons (Fsp3) is 0.800. The first-order valence-electron chi connectivity index (χ1n) is 7.84. The Kier molecular flexibility index (Phi) is 5.39. The molecule has 1 unspecified atom stereocenters. The lowest BCUT2D eigenvalue weighted by atomic mass is 9.89. The zero-order chi connectivity index (χ0) is 16.2. The average molecular weight is 308 g/mol. The molecule has 2 N–H and O–H groups in total. The molecule has 1 aliphatic rings. The van der Waals surface area contributed by atoms with E-state index in [1.54, 1.807) is 14.2 Å². The van der Waals surface area contributed by atoms with Crippen LogP contribution in [0.2, 0.25) is 0 Å². The van der Waals surface area contributed by atoms with E-state index in [1.165, 1.54) is 0 Å². The number of ether oxygens (including phenoxy) is 1. The molecule has 0 radical (unpaired) electrons. The van der Waals surface area contributed by atoms with Crippen molar-refractivity contribution < 1.29 is 4.74 Å². The molecule has 7 heteroatoms. The van der Waals surface area contributed by atoms with E-state index in [9.17, 15) is 0 Å². The number of nitrogens with zero attached hydrogens (tertiary/aromatic N) is 4. The lowest BCUT2D eigenvalue weighted by molar-refractivity contribution is 0.0205. The standard InChI is InChI=1S/C15H28N6O/c1-15(2,3)11(22-5)9-17-14(16-4)18-10-13-20-19-12-7-6-8-21(12)13/h11H,6-10H2,1-5H3,(H2,16,17,18). The van der Waals surface area contributed by atoms with Crippen LogP contribution >= 0.6 is 0 Å². The van der Waals surface area contributed by atoms with Crippen LogP contribution in [0, 0.1) is 5.41 Å². The predicted molar refractivity (Wildman–Crippen MR) is 86.8 cm³/mol. The highest BCUT2D eigenvalue weighted by Gasteiger charge is 2.24. The van der Waals surface area contributed by atoms with Crippen molar-refractivity contribution in [1.82, 2.24) is 25.4 Å². The van der Waals surface area contributed by atoms with Crippen LogP contribution in [0.5, 0.6) is 0 Å². The van der Waals surface area contributed by atoms with Crippen LogP contribution in [0.15, 0.2) is 4.99 Å². The van der Waals surface area contributed by atoms with Crippen LogP contribution in [-0.4, -0.2) is 47.5 Å². The smallest absolute Gasteiger partial charge is 0.191 e. The fourth-order valence-electron chi connectivity index (χ4n) is 2.66. The van der Waals surface area contributed by atoms with Crippen molar-refractivity contribution in [1.29, 1.82) is 0 Å². The topological polar surface area (TPSA) is 76.4 Å². The van der Waals surface area contributed by atoms with Gasteiger partial charge in [0.15, 0.2) is 11.8 Å². The summed E-state index contributed by atoms with van der Waals surface area (Å²) in [7, 11) is 3.51. The maximum Gasteiger partial charge on any atom is 0.191 e. The maximum absolute atomic E-state index is 5.55. The molecule has 1 aromatic heterocycles. The SMILES string of the molecule is CN=C(NCc1nnc2n1CCC2)NCC(OC)C(C)(C)C. The van der Waals surface area contributed by atoms with Gasteiger partial charge in [0.05, 0.1) is 12.6 Å². The number of methoxy groups -OCH3 is 1. The molecule has 2 heterocycles. The van der Waals surface area contributed by atoms with Gasteiger partial charge in [-0.3, -0.25) is 4.99 Å². The summed E-state index contributed by atoms with van der Waals surface area (Å²) in [5.74, 6) is 2.81. The van der Waals surface area contributed by atoms with Gasteiger partial charge in [-0.25, -0.2) is 0 Å². The second-order valence-corrected chi connectivity index (χ2v) is 6.68. The first-order valence-corrected chi connectivity index (χ1v) is 7.84. The van der Waals surface area contributed by atoms with Crippen molar-refractivity contribution in [2.75, 3.05) is 20.7 Å². The number of aryl methyl sites for hydroxylation is 1. The van der Waals surface area contributed by atoms with Gasteiger partial charge in [-0.1, -0.05) is 20.8 Å². The van der Waals surface area contributed by atoms with Crippen LogP contribution in [-0.2, 0) is 24.2 Å². The Bertz CT molecular complexity index is 517. The maximum atomic E-state index is 5.55. The summed E-state index contributed by atoms with van der Waals surface area (Å²) in [6.45, 7) is 8.84. The van der Waals surface area contributed by atoms with Crippen molar-refractivity contribution in [2.45, 2.75) is 52.8 Å². The zero-order valence-electron chi connectivity index (χ0n) is 14.3. The third-order valence-electron chi connectivity index (χ3n) is 4.03. The number of guanidine groups is 1. The molecule has 0 saturated heterocycles. The molecule has 124 valence electrons. The second-order valence-electron chi connectivity index (χ2n) is 6.68. The van der Waals surface area contributed by atoms with E-state index in [0.717, 1.165) is 37.0 Å². The summed E-state index contributed by atoms with van der Waals surface area (Å²) in [6.07, 6.45) is 2.30. The third-order valence-corrected chi connectivity index (χ3v) is 4.03. The van der Waals surface area contributed by atoms with E-state index in [0.29, 0.717) is 13.1 Å². The molecule has 1 aromatic rings. The number of fused-ring (bicyclic) bond motifs is 1. The Balaban J connectivity index is 1.85. The van der Waals surface area contributed by atoms with Crippen LogP contribution in [0.25, 0.3) is 0 Å². The fourth-order valence-corrected chi connectivity index (χ4v) is 2.66. The van der Waals surface area contributed by atoms with Crippen LogP contribution < -0.4 is 10.6 Å². The van der Waals surface area contributed by atoms with Crippen LogP contribution in [0.4, 0.5) is 0 Å². The van der Waals surface area contributed by atoms with E-state index in [1.807, 2.05) is 0 Å². The van der Waals surface area contributed by atoms with Gasteiger partial charge in [0.25, 0.3) is 0 Å². The second kappa shape index (κ2) is 7.09.